The van der Waals surface area contributed by atoms with Crippen molar-refractivity contribution < 1.29 is 31.9 Å². The number of nitrogens with one attached hydrogen (secondary N) is 1. The van der Waals surface area contributed by atoms with Crippen LogP contribution in [0.2, 0.25) is 0 Å². The molecule has 0 aliphatic heterocycles. The first-order chi connectivity index (χ1) is 19.5. The number of sulfonamides is 1. The molecule has 0 aromatic heterocycles. The van der Waals surface area contributed by atoms with Crippen molar-refractivity contribution in [1.82, 2.24) is 10.2 Å². The average molecular weight is 586 g/mol. The van der Waals surface area contributed by atoms with Crippen LogP contribution in [0, 0.1) is 12.7 Å². The maximum absolute atomic E-state index is 14.7. The van der Waals surface area contributed by atoms with Gasteiger partial charge < -0.3 is 19.7 Å². The van der Waals surface area contributed by atoms with Crippen molar-refractivity contribution in [2.75, 3.05) is 31.6 Å². The number of halogens is 1. The molecule has 0 fully saturated rings. The summed E-state index contributed by atoms with van der Waals surface area (Å²) in [5.74, 6) is -1.18. The number of methoxy groups -OCH3 is 2. The molecule has 0 saturated heterocycles. The number of benzene rings is 3. The molecule has 1 N–H and O–H groups in total. The van der Waals surface area contributed by atoms with Crippen molar-refractivity contribution in [3.63, 3.8) is 0 Å². The topological polar surface area (TPSA) is 105 Å². The van der Waals surface area contributed by atoms with E-state index in [-0.39, 0.29) is 28.4 Å². The summed E-state index contributed by atoms with van der Waals surface area (Å²) >= 11 is 0. The Balaban J connectivity index is 2.12. The second kappa shape index (κ2) is 14.0. The van der Waals surface area contributed by atoms with E-state index in [0.29, 0.717) is 18.7 Å². The lowest BCUT2D eigenvalue weighted by atomic mass is 10.1. The predicted octanol–water partition coefficient (Wildman–Crippen LogP) is 4.29. The molecule has 0 heterocycles. The van der Waals surface area contributed by atoms with E-state index in [4.69, 9.17) is 9.47 Å². The summed E-state index contributed by atoms with van der Waals surface area (Å²) in [6.07, 6.45) is 0.678. The van der Waals surface area contributed by atoms with Crippen LogP contribution in [0.25, 0.3) is 0 Å². The second-order valence-corrected chi connectivity index (χ2v) is 11.3. The molecule has 0 radical (unpaired) electrons. The molecule has 3 aromatic rings. The molecule has 0 aliphatic carbocycles. The van der Waals surface area contributed by atoms with E-state index < -0.39 is 40.2 Å². The molecule has 11 heteroatoms. The van der Waals surface area contributed by atoms with Crippen molar-refractivity contribution in [2.45, 2.75) is 44.7 Å². The summed E-state index contributed by atoms with van der Waals surface area (Å²) in [6.45, 7) is 4.69. The summed E-state index contributed by atoms with van der Waals surface area (Å²) in [5, 5.41) is 2.75. The largest absolute Gasteiger partial charge is 0.497 e. The lowest BCUT2D eigenvalue weighted by molar-refractivity contribution is -0.139. The quantitative estimate of drug-likeness (QED) is 0.321. The zero-order chi connectivity index (χ0) is 30.2. The van der Waals surface area contributed by atoms with Crippen LogP contribution in [0.1, 0.15) is 31.4 Å². The summed E-state index contributed by atoms with van der Waals surface area (Å²) in [5.41, 5.74) is 1.10. The number of ether oxygens (including phenoxy) is 2. The molecular formula is C30H36FN3O6S. The van der Waals surface area contributed by atoms with Crippen molar-refractivity contribution >= 4 is 27.5 Å². The van der Waals surface area contributed by atoms with E-state index in [0.717, 1.165) is 9.87 Å². The van der Waals surface area contributed by atoms with Gasteiger partial charge in [-0.15, -0.1) is 0 Å². The van der Waals surface area contributed by atoms with Crippen LogP contribution in [0.5, 0.6) is 11.5 Å². The number of hydrogen-bond acceptors (Lipinski definition) is 6. The van der Waals surface area contributed by atoms with Gasteiger partial charge in [0.25, 0.3) is 10.0 Å². The summed E-state index contributed by atoms with van der Waals surface area (Å²) in [4.78, 5) is 28.1. The van der Waals surface area contributed by atoms with Crippen molar-refractivity contribution in [3.05, 3.63) is 83.7 Å². The van der Waals surface area contributed by atoms with Gasteiger partial charge in [-0.3, -0.25) is 13.9 Å². The zero-order valence-corrected chi connectivity index (χ0v) is 24.7. The number of amides is 2. The van der Waals surface area contributed by atoms with E-state index >= 15 is 0 Å². The fourth-order valence-electron chi connectivity index (χ4n) is 4.13. The molecule has 1 atom stereocenters. The van der Waals surface area contributed by atoms with Crippen molar-refractivity contribution in [1.29, 1.82) is 0 Å². The van der Waals surface area contributed by atoms with Crippen LogP contribution < -0.4 is 19.1 Å². The number of carbonyl (C=O) groups excluding carboxylic acids is 2. The van der Waals surface area contributed by atoms with Crippen LogP contribution in [0.4, 0.5) is 10.1 Å². The Kier molecular flexibility index (Phi) is 10.7. The van der Waals surface area contributed by atoms with Crippen LogP contribution >= 0.6 is 0 Å². The number of aryl methyl sites for hydroxylation is 1. The summed E-state index contributed by atoms with van der Waals surface area (Å²) in [7, 11) is -1.51. The van der Waals surface area contributed by atoms with Crippen molar-refractivity contribution in [2.24, 2.45) is 0 Å². The highest BCUT2D eigenvalue weighted by Crippen LogP contribution is 2.36. The number of nitrogens with zero attached hydrogens (tertiary/aromatic N) is 2. The first kappa shape index (κ1) is 31.4. The van der Waals surface area contributed by atoms with Gasteiger partial charge in [0, 0.05) is 24.7 Å². The molecule has 0 bridgehead atoms. The van der Waals surface area contributed by atoms with E-state index in [1.165, 1.54) is 68.5 Å². The Labute approximate surface area is 240 Å². The van der Waals surface area contributed by atoms with Crippen LogP contribution in [0.3, 0.4) is 0 Å². The van der Waals surface area contributed by atoms with Gasteiger partial charge in [0.1, 0.15) is 29.9 Å². The van der Waals surface area contributed by atoms with Gasteiger partial charge in [-0.1, -0.05) is 42.8 Å². The summed E-state index contributed by atoms with van der Waals surface area (Å²) in [6, 6.07) is 15.7. The Hall–Kier alpha value is -4.12. The number of rotatable bonds is 13. The minimum absolute atomic E-state index is 0.0461. The smallest absolute Gasteiger partial charge is 0.264 e. The zero-order valence-electron chi connectivity index (χ0n) is 23.9. The van der Waals surface area contributed by atoms with Gasteiger partial charge in [0.2, 0.25) is 11.8 Å². The Morgan fingerprint density at radius 2 is 1.68 bits per heavy atom. The van der Waals surface area contributed by atoms with E-state index in [2.05, 4.69) is 5.32 Å². The number of hydrogen-bond donors (Lipinski definition) is 1. The maximum Gasteiger partial charge on any atom is 0.264 e. The first-order valence-electron chi connectivity index (χ1n) is 13.2. The van der Waals surface area contributed by atoms with Crippen LogP contribution in [-0.4, -0.2) is 58.5 Å². The first-order valence-corrected chi connectivity index (χ1v) is 14.6. The number of anilines is 1. The Bertz CT molecular complexity index is 1460. The molecule has 3 rings (SSSR count). The molecule has 0 unspecified atom stereocenters. The average Bonchev–Trinajstić information content (AvgIpc) is 2.97. The van der Waals surface area contributed by atoms with Gasteiger partial charge in [-0.2, -0.15) is 0 Å². The van der Waals surface area contributed by atoms with E-state index in [1.807, 2.05) is 13.8 Å². The van der Waals surface area contributed by atoms with Crippen molar-refractivity contribution in [3.8, 4) is 11.5 Å². The third kappa shape index (κ3) is 7.55. The van der Waals surface area contributed by atoms with E-state index in [1.54, 1.807) is 24.3 Å². The molecule has 9 nitrogen and oxygen atoms in total. The minimum Gasteiger partial charge on any atom is -0.497 e. The highest BCUT2D eigenvalue weighted by molar-refractivity contribution is 7.92. The molecule has 0 aliphatic rings. The standard InChI is InChI=1S/C30H36FN3O6S/c1-6-17-32-30(36)22(3)33(19-23-9-7-8-10-26(23)31)29(35)20-34(27-18-24(39-4)13-16-28(27)40-5)41(37,38)25-14-11-21(2)12-15-25/h7-16,18,22H,6,17,19-20H2,1-5H3,(H,32,36)/t22-/m1/s1. The molecule has 41 heavy (non-hydrogen) atoms. The SMILES string of the molecule is CCCNC(=O)[C@@H](C)N(Cc1ccccc1F)C(=O)CN(c1cc(OC)ccc1OC)S(=O)(=O)c1ccc(C)cc1. The van der Waals surface area contributed by atoms with Crippen LogP contribution in [-0.2, 0) is 26.2 Å². The molecule has 3 aromatic carbocycles. The lowest BCUT2D eigenvalue weighted by Gasteiger charge is -2.32. The van der Waals surface area contributed by atoms with E-state index in [9.17, 15) is 22.4 Å². The lowest BCUT2D eigenvalue weighted by Crippen LogP contribution is -2.51. The molecule has 2 amide bonds. The molecule has 0 saturated carbocycles. The third-order valence-corrected chi connectivity index (χ3v) is 8.33. The monoisotopic (exact) mass is 585 g/mol. The van der Waals surface area contributed by atoms with Gasteiger partial charge in [0.15, 0.2) is 0 Å². The second-order valence-electron chi connectivity index (χ2n) is 9.44. The van der Waals surface area contributed by atoms with Gasteiger partial charge in [0.05, 0.1) is 24.8 Å². The molecule has 220 valence electrons. The van der Waals surface area contributed by atoms with Gasteiger partial charge in [-0.05, 0) is 50.6 Å². The normalized spacial score (nSPS) is 11.9. The fraction of sp³-hybridized carbons (Fsp3) is 0.333. The predicted molar refractivity (Wildman–Crippen MR) is 155 cm³/mol. The van der Waals surface area contributed by atoms with Gasteiger partial charge >= 0.3 is 0 Å². The van der Waals surface area contributed by atoms with Gasteiger partial charge in [-0.25, -0.2) is 12.8 Å². The highest BCUT2D eigenvalue weighted by atomic mass is 32.2. The number of carbonyl (C=O) groups is 2. The fourth-order valence-corrected chi connectivity index (χ4v) is 5.55. The van der Waals surface area contributed by atoms with Crippen LogP contribution in [0.15, 0.2) is 71.6 Å². The third-order valence-electron chi connectivity index (χ3n) is 6.56. The Morgan fingerprint density at radius 3 is 2.29 bits per heavy atom. The molecule has 0 spiro atoms. The highest BCUT2D eigenvalue weighted by Gasteiger charge is 2.34. The maximum atomic E-state index is 14.7. The Morgan fingerprint density at radius 1 is 1.00 bits per heavy atom. The summed E-state index contributed by atoms with van der Waals surface area (Å²) < 4.78 is 54.5. The minimum atomic E-state index is -4.32. The molecular weight excluding hydrogens is 549 g/mol.